The van der Waals surface area contributed by atoms with Crippen molar-refractivity contribution in [1.29, 1.82) is 0 Å². The van der Waals surface area contributed by atoms with Crippen LogP contribution in [0.3, 0.4) is 0 Å². The molecule has 1 atom stereocenters. The number of ketones is 1. The maximum atomic E-state index is 14.3. The lowest BCUT2D eigenvalue weighted by Crippen LogP contribution is -2.50. The van der Waals surface area contributed by atoms with Crippen molar-refractivity contribution < 1.29 is 24.0 Å². The van der Waals surface area contributed by atoms with Gasteiger partial charge in [0.15, 0.2) is 5.78 Å². The average Bonchev–Trinajstić information content (AvgIpc) is 3.23. The van der Waals surface area contributed by atoms with Gasteiger partial charge in [0.2, 0.25) is 5.91 Å². The van der Waals surface area contributed by atoms with Gasteiger partial charge in [-0.25, -0.2) is 4.79 Å². The summed E-state index contributed by atoms with van der Waals surface area (Å²) in [6.45, 7) is 5.36. The van der Waals surface area contributed by atoms with Crippen molar-refractivity contribution >= 4 is 34.7 Å². The Labute approximate surface area is 194 Å². The number of fused-ring (bicyclic) bond motifs is 5. The Morgan fingerprint density at radius 3 is 2.50 bits per heavy atom. The molecule has 5 rings (SSSR count). The fourth-order valence-corrected chi connectivity index (χ4v) is 5.33. The fraction of sp³-hybridized carbons (Fsp3) is 0.240. The highest BCUT2D eigenvalue weighted by Crippen LogP contribution is 2.57. The number of carbonyl (C=O) groups excluding carboxylic acids is 3. The number of ether oxygens (including phenoxy) is 1. The molecule has 2 aromatic carbocycles. The van der Waals surface area contributed by atoms with Crippen molar-refractivity contribution in [1.82, 2.24) is 5.32 Å². The molecule has 0 bridgehead atoms. The molecule has 0 radical (unpaired) electrons. The van der Waals surface area contributed by atoms with E-state index in [0.29, 0.717) is 28.2 Å². The summed E-state index contributed by atoms with van der Waals surface area (Å²) in [4.78, 5) is 54.0. The first-order valence-corrected chi connectivity index (χ1v) is 10.9. The van der Waals surface area contributed by atoms with Crippen molar-refractivity contribution in [2.75, 3.05) is 18.1 Å². The molecule has 1 unspecified atom stereocenters. The number of Topliss-reactive ketones (excluding diaryl/α,β-unsaturated/α-hetero) is 1. The van der Waals surface area contributed by atoms with Crippen molar-refractivity contribution in [2.24, 2.45) is 0 Å². The van der Waals surface area contributed by atoms with Crippen LogP contribution < -0.4 is 10.2 Å². The number of nitrogens with one attached hydrogen (secondary N) is 1. The number of carbonyl (C=O) groups is 3. The summed E-state index contributed by atoms with van der Waals surface area (Å²) in [5.74, 6) is -1.68. The Hall–Kier alpha value is -4.27. The zero-order valence-corrected chi connectivity index (χ0v) is 18.8. The number of allylic oxidation sites excluding steroid dienone is 1. The third-order valence-corrected chi connectivity index (χ3v) is 6.60. The van der Waals surface area contributed by atoms with Gasteiger partial charge >= 0.3 is 5.97 Å². The summed E-state index contributed by atoms with van der Waals surface area (Å²) >= 11 is 0. The lowest BCUT2D eigenvalue weighted by atomic mass is 9.66. The third kappa shape index (κ3) is 2.52. The van der Waals surface area contributed by atoms with Crippen molar-refractivity contribution in [3.63, 3.8) is 0 Å². The van der Waals surface area contributed by atoms with Crippen LogP contribution in [0, 0.1) is 10.1 Å². The van der Waals surface area contributed by atoms with Crippen LogP contribution in [0.1, 0.15) is 42.3 Å². The fourth-order valence-electron chi connectivity index (χ4n) is 5.33. The molecule has 1 spiro atoms. The summed E-state index contributed by atoms with van der Waals surface area (Å²) < 4.78 is 5.33. The van der Waals surface area contributed by atoms with Crippen LogP contribution in [0.4, 0.5) is 11.4 Å². The molecule has 2 heterocycles. The minimum Gasteiger partial charge on any atom is -0.463 e. The van der Waals surface area contributed by atoms with E-state index >= 15 is 0 Å². The molecule has 3 aliphatic rings. The summed E-state index contributed by atoms with van der Waals surface area (Å²) in [5, 5.41) is 14.8. The number of nitro benzene ring substituents is 1. The Morgan fingerprint density at radius 1 is 1.15 bits per heavy atom. The van der Waals surface area contributed by atoms with Gasteiger partial charge in [0.25, 0.3) is 5.69 Å². The first-order valence-electron chi connectivity index (χ1n) is 10.9. The van der Waals surface area contributed by atoms with Crippen LogP contribution in [0.15, 0.2) is 59.3 Å². The van der Waals surface area contributed by atoms with E-state index in [0.717, 1.165) is 0 Å². The van der Waals surface area contributed by atoms with E-state index in [9.17, 15) is 24.5 Å². The topological polar surface area (TPSA) is 119 Å². The number of dihydropyridines is 1. The van der Waals surface area contributed by atoms with E-state index in [1.165, 1.54) is 23.1 Å². The first-order chi connectivity index (χ1) is 16.3. The molecule has 1 N–H and O–H groups in total. The van der Waals surface area contributed by atoms with E-state index in [-0.39, 0.29) is 35.5 Å². The molecular weight excluding hydrogens is 438 g/mol. The predicted octanol–water partition coefficient (Wildman–Crippen LogP) is 3.25. The third-order valence-electron chi connectivity index (χ3n) is 6.60. The molecule has 0 aromatic heterocycles. The Balaban J connectivity index is 1.92. The molecule has 172 valence electrons. The van der Waals surface area contributed by atoms with Crippen molar-refractivity contribution in [3.05, 3.63) is 86.1 Å². The highest BCUT2D eigenvalue weighted by molar-refractivity contribution is 6.31. The largest absolute Gasteiger partial charge is 0.463 e. The van der Waals surface area contributed by atoms with Gasteiger partial charge in [-0.3, -0.25) is 19.7 Å². The number of likely N-dealkylation sites (N-methyl/N-ethyl adjacent to an activating group) is 1. The maximum absolute atomic E-state index is 14.3. The van der Waals surface area contributed by atoms with Gasteiger partial charge in [-0.1, -0.05) is 24.3 Å². The van der Waals surface area contributed by atoms with Gasteiger partial charge in [-0.05, 0) is 26.8 Å². The summed E-state index contributed by atoms with van der Waals surface area (Å²) in [6, 6.07) is 11.0. The second kappa shape index (κ2) is 7.38. The van der Waals surface area contributed by atoms with Crippen LogP contribution >= 0.6 is 0 Å². The maximum Gasteiger partial charge on any atom is 0.337 e. The zero-order chi connectivity index (χ0) is 24.4. The monoisotopic (exact) mass is 459 g/mol. The van der Waals surface area contributed by atoms with Gasteiger partial charge in [0, 0.05) is 52.3 Å². The molecular formula is C25H21N3O6. The molecule has 1 aliphatic carbocycles. The summed E-state index contributed by atoms with van der Waals surface area (Å²) in [5.41, 5.74) is 0.377. The smallest absolute Gasteiger partial charge is 0.337 e. The molecule has 9 heteroatoms. The number of hydrogen-bond donors (Lipinski definition) is 1. The van der Waals surface area contributed by atoms with Crippen LogP contribution in [-0.2, 0) is 19.7 Å². The minimum atomic E-state index is -1.87. The van der Waals surface area contributed by atoms with E-state index in [4.69, 9.17) is 4.74 Å². The molecule has 34 heavy (non-hydrogen) atoms. The van der Waals surface area contributed by atoms with Gasteiger partial charge in [0.05, 0.1) is 22.8 Å². The number of rotatable bonds is 4. The number of nitrogens with zero attached hydrogens (tertiary/aromatic N) is 2. The first kappa shape index (κ1) is 21.6. The lowest BCUT2D eigenvalue weighted by molar-refractivity contribution is -0.384. The SMILES string of the molecule is CCOC(=O)C1=C(C)NC2=C(C(=O)c3ccccc32)C12C(=O)N(CC)c1ccc([N+](=O)[O-])cc12. The lowest BCUT2D eigenvalue weighted by Gasteiger charge is -2.36. The van der Waals surface area contributed by atoms with Crippen LogP contribution in [0.2, 0.25) is 0 Å². The van der Waals surface area contributed by atoms with E-state index < -0.39 is 28.0 Å². The average molecular weight is 459 g/mol. The number of esters is 1. The number of amides is 1. The quantitative estimate of drug-likeness (QED) is 0.423. The highest BCUT2D eigenvalue weighted by atomic mass is 16.6. The number of benzene rings is 2. The number of anilines is 1. The molecule has 2 aliphatic heterocycles. The van der Waals surface area contributed by atoms with Gasteiger partial charge < -0.3 is 15.0 Å². The molecule has 0 saturated carbocycles. The van der Waals surface area contributed by atoms with Gasteiger partial charge in [0.1, 0.15) is 5.41 Å². The number of hydrogen-bond acceptors (Lipinski definition) is 7. The van der Waals surface area contributed by atoms with E-state index in [1.54, 1.807) is 45.0 Å². The summed E-state index contributed by atoms with van der Waals surface area (Å²) in [7, 11) is 0. The molecule has 0 saturated heterocycles. The Bertz CT molecular complexity index is 1390. The van der Waals surface area contributed by atoms with Gasteiger partial charge in [-0.15, -0.1) is 0 Å². The predicted molar refractivity (Wildman–Crippen MR) is 123 cm³/mol. The van der Waals surface area contributed by atoms with E-state index in [2.05, 4.69) is 5.32 Å². The summed E-state index contributed by atoms with van der Waals surface area (Å²) in [6.07, 6.45) is 0. The molecule has 2 aromatic rings. The standard InChI is InChI=1S/C25H21N3O6/c1-4-27-18-11-10-14(28(32)33)12-17(18)25(24(27)31)19(23(30)34-5-2)13(3)26-21-15-8-6-7-9-16(15)22(29)20(21)25/h6-12,26H,4-5H2,1-3H3. The molecule has 9 nitrogen and oxygen atoms in total. The minimum absolute atomic E-state index is 0.0306. The second-order valence-corrected chi connectivity index (χ2v) is 8.23. The normalized spacial score (nSPS) is 20.4. The van der Waals surface area contributed by atoms with Crippen molar-refractivity contribution in [2.45, 2.75) is 26.2 Å². The Morgan fingerprint density at radius 2 is 1.85 bits per heavy atom. The van der Waals surface area contributed by atoms with Crippen LogP contribution in [0.5, 0.6) is 0 Å². The second-order valence-electron chi connectivity index (χ2n) is 8.23. The number of nitro groups is 1. The highest BCUT2D eigenvalue weighted by Gasteiger charge is 2.64. The molecule has 0 fully saturated rings. The van der Waals surface area contributed by atoms with Crippen LogP contribution in [-0.4, -0.2) is 35.7 Å². The number of non-ortho nitro benzene ring substituents is 1. The van der Waals surface area contributed by atoms with Crippen molar-refractivity contribution in [3.8, 4) is 0 Å². The van der Waals surface area contributed by atoms with Crippen LogP contribution in [0.25, 0.3) is 5.70 Å². The molecule has 1 amide bonds. The van der Waals surface area contributed by atoms with Gasteiger partial charge in [-0.2, -0.15) is 0 Å². The Kier molecular flexibility index (Phi) is 4.68. The van der Waals surface area contributed by atoms with E-state index in [1.807, 2.05) is 0 Å². The zero-order valence-electron chi connectivity index (χ0n) is 18.8.